The van der Waals surface area contributed by atoms with Gasteiger partial charge in [0.05, 0.1) is 6.61 Å². The number of imide groups is 1. The van der Waals surface area contributed by atoms with E-state index < -0.39 is 17.6 Å². The number of aromatic nitrogens is 1. The molecule has 9 heteroatoms. The second-order valence-corrected chi connectivity index (χ2v) is 5.90. The van der Waals surface area contributed by atoms with Gasteiger partial charge in [-0.3, -0.25) is 4.79 Å². The normalized spacial score (nSPS) is 10.5. The van der Waals surface area contributed by atoms with E-state index in [0.717, 1.165) is 4.90 Å². The highest BCUT2D eigenvalue weighted by Gasteiger charge is 2.27. The number of hydrogen-bond acceptors (Lipinski definition) is 7. The lowest BCUT2D eigenvalue weighted by Gasteiger charge is -2.23. The van der Waals surface area contributed by atoms with Crippen LogP contribution in [0.2, 0.25) is 0 Å². The van der Waals surface area contributed by atoms with Crippen molar-refractivity contribution in [2.75, 3.05) is 13.7 Å². The van der Waals surface area contributed by atoms with Gasteiger partial charge in [-0.15, -0.1) is 0 Å². The summed E-state index contributed by atoms with van der Waals surface area (Å²) in [5.74, 6) is -0.408. The molecule has 1 heterocycles. The molecule has 24 heavy (non-hydrogen) atoms. The van der Waals surface area contributed by atoms with Gasteiger partial charge in [-0.2, -0.15) is 0 Å². The Morgan fingerprint density at radius 1 is 1.42 bits per heavy atom. The largest absolute Gasteiger partial charge is 0.491 e. The summed E-state index contributed by atoms with van der Waals surface area (Å²) >= 11 is 0. The van der Waals surface area contributed by atoms with Crippen molar-refractivity contribution in [1.29, 1.82) is 5.39 Å². The van der Waals surface area contributed by atoms with Gasteiger partial charge in [-0.1, -0.05) is 0 Å². The Kier molecular flexibility index (Phi) is 6.47. The van der Waals surface area contributed by atoms with Crippen molar-refractivity contribution in [3.63, 3.8) is 0 Å². The number of pyridine rings is 1. The maximum atomic E-state index is 12.5. The molecule has 0 aromatic carbocycles. The Morgan fingerprint density at radius 2 is 2.08 bits per heavy atom. The minimum atomic E-state index is -0.776. The molecule has 1 rings (SSSR count). The quantitative estimate of drug-likeness (QED) is 0.649. The zero-order valence-electron chi connectivity index (χ0n) is 14.5. The van der Waals surface area contributed by atoms with E-state index in [4.69, 9.17) is 14.9 Å². The lowest BCUT2D eigenvalue weighted by molar-refractivity contribution is 0.0282. The molecular weight excluding hydrogens is 314 g/mol. The van der Waals surface area contributed by atoms with E-state index in [1.165, 1.54) is 13.2 Å². The molecule has 2 amide bonds. The van der Waals surface area contributed by atoms with Gasteiger partial charge in [0, 0.05) is 18.8 Å². The molecule has 0 saturated heterocycles. The van der Waals surface area contributed by atoms with E-state index >= 15 is 0 Å². The van der Waals surface area contributed by atoms with E-state index in [2.05, 4.69) is 15.5 Å². The maximum absolute atomic E-state index is 12.5. The second kappa shape index (κ2) is 8.10. The molecule has 0 aliphatic rings. The zero-order chi connectivity index (χ0) is 18.3. The number of nitrogens with zero attached hydrogens (tertiary/aromatic N) is 4. The fourth-order valence-electron chi connectivity index (χ4n) is 1.71. The summed E-state index contributed by atoms with van der Waals surface area (Å²) in [5.41, 5.74) is 2.29. The van der Waals surface area contributed by atoms with Gasteiger partial charge in [0.1, 0.15) is 12.1 Å². The number of nitrogens with one attached hydrogen (secondary N) is 1. The Hall–Kier alpha value is -2.89. The number of amides is 2. The Labute approximate surface area is 140 Å². The van der Waals surface area contributed by atoms with Gasteiger partial charge < -0.3 is 9.47 Å². The van der Waals surface area contributed by atoms with Crippen LogP contribution in [0.1, 0.15) is 43.7 Å². The number of rotatable bonds is 5. The minimum Gasteiger partial charge on any atom is -0.491 e. The molecule has 1 aromatic heterocycles. The first-order valence-corrected chi connectivity index (χ1v) is 7.39. The summed E-state index contributed by atoms with van der Waals surface area (Å²) in [6, 6.07) is 1.59. The van der Waals surface area contributed by atoms with Crippen molar-refractivity contribution in [2.45, 2.75) is 39.8 Å². The van der Waals surface area contributed by atoms with E-state index in [1.54, 1.807) is 33.8 Å². The monoisotopic (exact) mass is 336 g/mol. The van der Waals surface area contributed by atoms with Crippen molar-refractivity contribution in [2.24, 2.45) is 0 Å². The third kappa shape index (κ3) is 5.39. The molecule has 130 valence electrons. The van der Waals surface area contributed by atoms with Crippen LogP contribution in [0.3, 0.4) is 0 Å². The van der Waals surface area contributed by atoms with Gasteiger partial charge in [0.25, 0.3) is 11.3 Å². The summed E-state index contributed by atoms with van der Waals surface area (Å²) in [7, 11) is 1.31. The Balaban J connectivity index is 3.04. The van der Waals surface area contributed by atoms with E-state index in [9.17, 15) is 9.59 Å². The van der Waals surface area contributed by atoms with Crippen LogP contribution in [0.25, 0.3) is 5.08 Å². The number of carbonyl (C=O) groups is 2. The minimum absolute atomic E-state index is 0.00473. The van der Waals surface area contributed by atoms with Crippen LogP contribution in [-0.4, -0.2) is 41.1 Å². The predicted molar refractivity (Wildman–Crippen MR) is 85.7 cm³/mol. The van der Waals surface area contributed by atoms with Crippen molar-refractivity contribution in [3.05, 3.63) is 28.6 Å². The lowest BCUT2D eigenvalue weighted by atomic mass is 10.2. The first-order chi connectivity index (χ1) is 11.2. The summed E-state index contributed by atoms with van der Waals surface area (Å²) in [5, 5.41) is 11.2. The first-order valence-electron chi connectivity index (χ1n) is 7.39. The highest BCUT2D eigenvalue weighted by atomic mass is 16.6. The van der Waals surface area contributed by atoms with Crippen LogP contribution in [0.5, 0.6) is 5.75 Å². The Bertz CT molecular complexity index is 648. The first kappa shape index (κ1) is 19.2. The molecule has 1 N–H and O–H groups in total. The number of ether oxygens (including phenoxy) is 2. The third-order valence-corrected chi connectivity index (χ3v) is 2.74. The summed E-state index contributed by atoms with van der Waals surface area (Å²) < 4.78 is 10.6. The van der Waals surface area contributed by atoms with Gasteiger partial charge in [0.15, 0.2) is 11.4 Å². The molecule has 0 aliphatic carbocycles. The maximum Gasteiger partial charge on any atom is 0.417 e. The molecule has 1 aromatic rings. The van der Waals surface area contributed by atoms with Crippen LogP contribution in [0, 0.1) is 5.39 Å². The molecule has 0 atom stereocenters. The molecule has 9 nitrogen and oxygen atoms in total. The molecule has 0 bridgehead atoms. The molecule has 0 unspecified atom stereocenters. The molecule has 0 fully saturated rings. The SMILES string of the molecule is CCOc1cc(CN[N+]#N)cnc1C(=O)N(C)C(=O)OC(C)(C)C. The van der Waals surface area contributed by atoms with Crippen LogP contribution < -0.4 is 10.2 Å². The van der Waals surface area contributed by atoms with E-state index in [1.807, 2.05) is 0 Å². The zero-order valence-corrected chi connectivity index (χ0v) is 14.5. The number of hydrogen-bond donors (Lipinski definition) is 1. The van der Waals surface area contributed by atoms with E-state index in [0.29, 0.717) is 12.2 Å². The third-order valence-electron chi connectivity index (χ3n) is 2.74. The summed E-state index contributed by atoms with van der Waals surface area (Å²) in [6.45, 7) is 7.42. The van der Waals surface area contributed by atoms with E-state index in [-0.39, 0.29) is 18.0 Å². The fraction of sp³-hybridized carbons (Fsp3) is 0.533. The molecule has 0 aliphatic heterocycles. The average Bonchev–Trinajstić information content (AvgIpc) is 2.50. The predicted octanol–water partition coefficient (Wildman–Crippen LogP) is 2.35. The lowest BCUT2D eigenvalue weighted by Crippen LogP contribution is -2.38. The van der Waals surface area contributed by atoms with Crippen LogP contribution >= 0.6 is 0 Å². The van der Waals surface area contributed by atoms with Gasteiger partial charge >= 0.3 is 11.2 Å². The summed E-state index contributed by atoms with van der Waals surface area (Å²) in [6.07, 6.45) is 0.651. The average molecular weight is 336 g/mol. The highest BCUT2D eigenvalue weighted by Crippen LogP contribution is 2.20. The Morgan fingerprint density at radius 3 is 2.62 bits per heavy atom. The van der Waals surface area contributed by atoms with Crippen LogP contribution in [-0.2, 0) is 11.3 Å². The van der Waals surface area contributed by atoms with Crippen molar-refractivity contribution in [1.82, 2.24) is 15.3 Å². The smallest absolute Gasteiger partial charge is 0.417 e. The van der Waals surface area contributed by atoms with Crippen molar-refractivity contribution >= 4 is 12.0 Å². The summed E-state index contributed by atoms with van der Waals surface area (Å²) in [4.78, 5) is 29.4. The molecule has 0 saturated carbocycles. The topological polar surface area (TPSA) is 109 Å². The highest BCUT2D eigenvalue weighted by molar-refractivity contribution is 6.03. The molecule has 0 spiro atoms. The second-order valence-electron chi connectivity index (χ2n) is 5.90. The number of diazo groups is 1. The van der Waals surface area contributed by atoms with Crippen molar-refractivity contribution in [3.8, 4) is 5.75 Å². The number of carbonyl (C=O) groups excluding carboxylic acids is 2. The fourth-order valence-corrected chi connectivity index (χ4v) is 1.71. The van der Waals surface area contributed by atoms with Crippen LogP contribution in [0.4, 0.5) is 4.79 Å². The van der Waals surface area contributed by atoms with Crippen LogP contribution in [0.15, 0.2) is 12.3 Å². The molecular formula is C15H22N5O4+. The van der Waals surface area contributed by atoms with Crippen molar-refractivity contribution < 1.29 is 19.1 Å². The molecule has 0 radical (unpaired) electrons. The van der Waals surface area contributed by atoms with Gasteiger partial charge in [0.2, 0.25) is 0 Å². The van der Waals surface area contributed by atoms with Gasteiger partial charge in [-0.25, -0.2) is 14.7 Å². The standard InChI is InChI=1S/C15H22N5O4/c1-6-23-11-7-10(9-18-19-16)8-17-12(11)13(21)20(5)14(22)24-15(2,3)4/h7-8,18H,6,9H2,1-5H3/q+1. The van der Waals surface area contributed by atoms with Gasteiger partial charge in [-0.05, 0) is 39.2 Å².